The van der Waals surface area contributed by atoms with E-state index in [1.165, 1.54) is 11.3 Å². The normalized spacial score (nSPS) is 11.3. The Morgan fingerprint density at radius 3 is 2.52 bits per heavy atom. The lowest BCUT2D eigenvalue weighted by Crippen LogP contribution is -1.99. The van der Waals surface area contributed by atoms with Crippen molar-refractivity contribution in [2.24, 2.45) is 5.10 Å². The summed E-state index contributed by atoms with van der Waals surface area (Å²) in [6.07, 6.45) is 0. The minimum absolute atomic E-state index is 0.770. The maximum Gasteiger partial charge on any atom is 0.203 e. The summed E-state index contributed by atoms with van der Waals surface area (Å²) >= 11 is 1.53. The molecule has 1 N–H and O–H groups in total. The largest absolute Gasteiger partial charge is 0.497 e. The summed E-state index contributed by atoms with van der Waals surface area (Å²) in [6, 6.07) is 17.9. The van der Waals surface area contributed by atoms with Crippen molar-refractivity contribution in [1.82, 2.24) is 4.98 Å². The van der Waals surface area contributed by atoms with Crippen LogP contribution in [0.3, 0.4) is 0 Å². The zero-order valence-corrected chi connectivity index (χ0v) is 13.8. The molecule has 0 aliphatic heterocycles. The summed E-state index contributed by atoms with van der Waals surface area (Å²) in [5.41, 5.74) is 7.02. The molecule has 0 radical (unpaired) electrons. The van der Waals surface area contributed by atoms with Gasteiger partial charge in [0.1, 0.15) is 5.75 Å². The van der Waals surface area contributed by atoms with E-state index in [1.54, 1.807) is 7.11 Å². The number of anilines is 1. The molecule has 116 valence electrons. The van der Waals surface area contributed by atoms with Gasteiger partial charge in [-0.15, -0.1) is 11.3 Å². The zero-order chi connectivity index (χ0) is 16.1. The van der Waals surface area contributed by atoms with E-state index in [-0.39, 0.29) is 0 Å². The van der Waals surface area contributed by atoms with Crippen molar-refractivity contribution >= 4 is 22.2 Å². The number of rotatable bonds is 5. The van der Waals surface area contributed by atoms with Crippen LogP contribution in [0.5, 0.6) is 5.75 Å². The van der Waals surface area contributed by atoms with Gasteiger partial charge in [0, 0.05) is 10.9 Å². The third-order valence-corrected chi connectivity index (χ3v) is 4.15. The number of nitrogens with one attached hydrogen (secondary N) is 1. The maximum atomic E-state index is 5.17. The molecule has 4 nitrogen and oxygen atoms in total. The van der Waals surface area contributed by atoms with E-state index in [0.717, 1.165) is 33.4 Å². The third-order valence-electron chi connectivity index (χ3n) is 3.40. The molecule has 0 unspecified atom stereocenters. The van der Waals surface area contributed by atoms with E-state index in [0.29, 0.717) is 0 Å². The second kappa shape index (κ2) is 7.07. The minimum Gasteiger partial charge on any atom is -0.497 e. The van der Waals surface area contributed by atoms with Gasteiger partial charge in [0.2, 0.25) is 5.13 Å². The molecule has 0 saturated carbocycles. The summed E-state index contributed by atoms with van der Waals surface area (Å²) < 4.78 is 5.17. The van der Waals surface area contributed by atoms with Crippen molar-refractivity contribution in [2.45, 2.75) is 6.92 Å². The summed E-state index contributed by atoms with van der Waals surface area (Å²) in [4.78, 5) is 4.56. The highest BCUT2D eigenvalue weighted by Crippen LogP contribution is 2.26. The smallest absolute Gasteiger partial charge is 0.203 e. The van der Waals surface area contributed by atoms with Gasteiger partial charge < -0.3 is 4.74 Å². The second-order valence-corrected chi connectivity index (χ2v) is 5.80. The van der Waals surface area contributed by atoms with Crippen LogP contribution >= 0.6 is 11.3 Å². The van der Waals surface area contributed by atoms with Gasteiger partial charge in [0.05, 0.1) is 18.5 Å². The molecule has 1 heterocycles. The SMILES string of the molecule is COc1ccc(-c2csc(NN=C(C)c3ccccc3)n2)cc1. The highest BCUT2D eigenvalue weighted by molar-refractivity contribution is 7.14. The molecule has 0 saturated heterocycles. The Hall–Kier alpha value is -2.66. The van der Waals surface area contributed by atoms with E-state index < -0.39 is 0 Å². The Balaban J connectivity index is 1.72. The van der Waals surface area contributed by atoms with E-state index >= 15 is 0 Å². The zero-order valence-electron chi connectivity index (χ0n) is 13.0. The summed E-state index contributed by atoms with van der Waals surface area (Å²) in [6.45, 7) is 1.97. The Morgan fingerprint density at radius 2 is 1.83 bits per heavy atom. The lowest BCUT2D eigenvalue weighted by molar-refractivity contribution is 0.415. The van der Waals surface area contributed by atoms with Crippen molar-refractivity contribution in [1.29, 1.82) is 0 Å². The molecule has 5 heteroatoms. The Labute approximate surface area is 139 Å². The molecule has 0 spiro atoms. The fourth-order valence-electron chi connectivity index (χ4n) is 2.10. The number of thiazole rings is 1. The highest BCUT2D eigenvalue weighted by atomic mass is 32.1. The monoisotopic (exact) mass is 323 g/mol. The molecule has 0 aliphatic rings. The van der Waals surface area contributed by atoms with Crippen LogP contribution in [0.1, 0.15) is 12.5 Å². The predicted octanol–water partition coefficient (Wildman–Crippen LogP) is 4.65. The van der Waals surface area contributed by atoms with Crippen LogP contribution in [0.4, 0.5) is 5.13 Å². The number of hydrogen-bond donors (Lipinski definition) is 1. The first kappa shape index (κ1) is 15.2. The topological polar surface area (TPSA) is 46.5 Å². The number of hydrazone groups is 1. The molecule has 1 aromatic heterocycles. The quantitative estimate of drug-likeness (QED) is 0.549. The molecule has 2 aromatic carbocycles. The van der Waals surface area contributed by atoms with Crippen molar-refractivity contribution in [2.75, 3.05) is 12.5 Å². The van der Waals surface area contributed by atoms with Crippen LogP contribution in [-0.2, 0) is 0 Å². The molecule has 0 aliphatic carbocycles. The number of aromatic nitrogens is 1. The average molecular weight is 323 g/mol. The van der Waals surface area contributed by atoms with Gasteiger partial charge in [-0.1, -0.05) is 30.3 Å². The van der Waals surface area contributed by atoms with Crippen LogP contribution in [0.15, 0.2) is 65.1 Å². The standard InChI is InChI=1S/C18H17N3OS/c1-13(14-6-4-3-5-7-14)20-21-18-19-17(12-23-18)15-8-10-16(22-2)11-9-15/h3-12H,1-2H3,(H,19,21). The fraction of sp³-hybridized carbons (Fsp3) is 0.111. The molecule has 3 aromatic rings. The molecule has 23 heavy (non-hydrogen) atoms. The number of benzene rings is 2. The summed E-state index contributed by atoms with van der Waals surface area (Å²) in [7, 11) is 1.66. The molecular weight excluding hydrogens is 306 g/mol. The van der Waals surface area contributed by atoms with E-state index in [1.807, 2.05) is 66.9 Å². The number of hydrogen-bond acceptors (Lipinski definition) is 5. The molecule has 0 bridgehead atoms. The van der Waals surface area contributed by atoms with Crippen LogP contribution in [0.25, 0.3) is 11.3 Å². The van der Waals surface area contributed by atoms with E-state index in [4.69, 9.17) is 4.74 Å². The first-order chi connectivity index (χ1) is 11.3. The maximum absolute atomic E-state index is 5.17. The van der Waals surface area contributed by atoms with Crippen LogP contribution in [0, 0.1) is 0 Å². The average Bonchev–Trinajstić information content (AvgIpc) is 3.09. The Kier molecular flexibility index (Phi) is 4.68. The van der Waals surface area contributed by atoms with Crippen LogP contribution in [-0.4, -0.2) is 17.8 Å². The molecule has 3 rings (SSSR count). The van der Waals surface area contributed by atoms with Gasteiger partial charge in [-0.3, -0.25) is 5.43 Å². The number of methoxy groups -OCH3 is 1. The number of nitrogens with zero attached hydrogens (tertiary/aromatic N) is 2. The van der Waals surface area contributed by atoms with Crippen molar-refractivity contribution in [3.63, 3.8) is 0 Å². The summed E-state index contributed by atoms with van der Waals surface area (Å²) in [5, 5.41) is 7.17. The van der Waals surface area contributed by atoms with Gasteiger partial charge in [-0.25, -0.2) is 4.98 Å². The summed E-state index contributed by atoms with van der Waals surface area (Å²) in [5.74, 6) is 0.838. The fourth-order valence-corrected chi connectivity index (χ4v) is 2.76. The third kappa shape index (κ3) is 3.76. The van der Waals surface area contributed by atoms with E-state index in [9.17, 15) is 0 Å². The Morgan fingerprint density at radius 1 is 1.09 bits per heavy atom. The second-order valence-electron chi connectivity index (χ2n) is 4.94. The van der Waals surface area contributed by atoms with Crippen molar-refractivity contribution in [3.05, 3.63) is 65.5 Å². The van der Waals surface area contributed by atoms with Gasteiger partial charge in [-0.05, 0) is 36.8 Å². The van der Waals surface area contributed by atoms with E-state index in [2.05, 4.69) is 15.5 Å². The van der Waals surface area contributed by atoms with Crippen molar-refractivity contribution < 1.29 is 4.74 Å². The highest BCUT2D eigenvalue weighted by Gasteiger charge is 2.04. The molecule has 0 atom stereocenters. The first-order valence-corrected chi connectivity index (χ1v) is 8.10. The molecule has 0 amide bonds. The minimum atomic E-state index is 0.770. The Bertz CT molecular complexity index is 795. The van der Waals surface area contributed by atoms with Crippen molar-refractivity contribution in [3.8, 4) is 17.0 Å². The van der Waals surface area contributed by atoms with Gasteiger partial charge in [0.15, 0.2) is 0 Å². The lowest BCUT2D eigenvalue weighted by Gasteiger charge is -2.01. The van der Waals surface area contributed by atoms with Gasteiger partial charge in [0.25, 0.3) is 0 Å². The molecular formula is C18H17N3OS. The predicted molar refractivity (Wildman–Crippen MR) is 96.4 cm³/mol. The molecule has 0 fully saturated rings. The van der Waals surface area contributed by atoms with Gasteiger partial charge >= 0.3 is 0 Å². The van der Waals surface area contributed by atoms with Gasteiger partial charge in [-0.2, -0.15) is 5.10 Å². The number of ether oxygens (including phenoxy) is 1. The first-order valence-electron chi connectivity index (χ1n) is 7.22. The van der Waals surface area contributed by atoms with Crippen LogP contribution in [0.2, 0.25) is 0 Å². The van der Waals surface area contributed by atoms with Crippen LogP contribution < -0.4 is 10.2 Å². The lowest BCUT2D eigenvalue weighted by atomic mass is 10.1.